The van der Waals surface area contributed by atoms with Gasteiger partial charge in [0.1, 0.15) is 0 Å². The van der Waals surface area contributed by atoms with Crippen LogP contribution < -0.4 is 0 Å². The third-order valence-electron chi connectivity index (χ3n) is 12.0. The molecule has 10 heteroatoms. The van der Waals surface area contributed by atoms with Crippen molar-refractivity contribution in [1.29, 1.82) is 0 Å². The molecule has 1 nitrogen and oxygen atoms in total. The second kappa shape index (κ2) is 28.7. The first-order chi connectivity index (χ1) is 24.2. The Labute approximate surface area is 335 Å². The lowest BCUT2D eigenvalue weighted by Gasteiger charge is -2.27. The van der Waals surface area contributed by atoms with E-state index in [1.807, 2.05) is 0 Å². The molecule has 0 radical (unpaired) electrons. The lowest BCUT2D eigenvalue weighted by atomic mass is 9.82. The fourth-order valence-electron chi connectivity index (χ4n) is 3.21. The molecule has 0 spiro atoms. The number of ether oxygens (including phenoxy) is 1. The largest absolute Gasteiger partial charge is 0.391 e. The van der Waals surface area contributed by atoms with Crippen LogP contribution in [0.15, 0.2) is 0 Å². The van der Waals surface area contributed by atoms with Gasteiger partial charge in [0.15, 0.2) is 0 Å². The van der Waals surface area contributed by atoms with Crippen molar-refractivity contribution >= 4 is 0 Å². The summed E-state index contributed by atoms with van der Waals surface area (Å²) in [6.45, 7) is 43.3. The number of methoxy groups -OCH3 is 1. The molecule has 2 fully saturated rings. The monoisotopic (exact) mass is 819 g/mol. The molecule has 0 aromatic rings. The zero-order chi connectivity index (χ0) is 45.7. The van der Waals surface area contributed by atoms with Crippen molar-refractivity contribution in [2.45, 2.75) is 197 Å². The van der Waals surface area contributed by atoms with Gasteiger partial charge in [-0.2, -0.15) is 39.5 Å². The number of hydrogen-bond acceptors (Lipinski definition) is 1. The van der Waals surface area contributed by atoms with Gasteiger partial charge < -0.3 is 4.74 Å². The molecule has 0 amide bonds. The molecular weight excluding hydrogens is 727 g/mol. The molecule has 2 saturated carbocycles. The van der Waals surface area contributed by atoms with Crippen LogP contribution in [0.5, 0.6) is 0 Å². The van der Waals surface area contributed by atoms with E-state index in [1.165, 1.54) is 46.5 Å². The van der Waals surface area contributed by atoms with Gasteiger partial charge in [0.05, 0.1) is 24.4 Å². The standard InChI is InChI=1S/C8H18O.C7H14.3C6H11F3.C6H12.C6H14/c1-7(2)8(3,4)6-9-5;1-6(2)7(3)4-5-7;3*1-4(2)5(3)6(7,8)9;1-5(2)6-3-4-6;1-5(2)6(3)4/h7H,6H2,1-5H3;6H,4-5H2,1-3H3;3*4-5H,1-3H3;5-6H,3-4H2,1-2H3;5-6H,1-4H3/t;;2*5-;;;/m..10.../s1. The van der Waals surface area contributed by atoms with Crippen molar-refractivity contribution < 1.29 is 44.3 Å². The first-order valence-electron chi connectivity index (χ1n) is 20.9. The quantitative estimate of drug-likeness (QED) is 0.211. The molecule has 0 aromatic carbocycles. The van der Waals surface area contributed by atoms with E-state index in [-0.39, 0.29) is 17.8 Å². The minimum atomic E-state index is -4.02. The average molecular weight is 819 g/mol. The maximum absolute atomic E-state index is 11.7. The Bertz CT molecular complexity index is 801. The zero-order valence-electron chi connectivity index (χ0n) is 39.8. The van der Waals surface area contributed by atoms with Crippen molar-refractivity contribution in [2.24, 2.45) is 81.8 Å². The number of halogens is 9. The van der Waals surface area contributed by atoms with Gasteiger partial charge >= 0.3 is 18.5 Å². The fourth-order valence-corrected chi connectivity index (χ4v) is 3.21. The van der Waals surface area contributed by atoms with Crippen molar-refractivity contribution in [2.75, 3.05) is 13.7 Å². The molecule has 2 aliphatic carbocycles. The van der Waals surface area contributed by atoms with Crippen LogP contribution in [0.1, 0.15) is 178 Å². The molecule has 0 aromatic heterocycles. The fraction of sp³-hybridized carbons (Fsp3) is 1.00. The van der Waals surface area contributed by atoms with Crippen LogP contribution in [0.25, 0.3) is 0 Å². The van der Waals surface area contributed by atoms with E-state index < -0.39 is 36.3 Å². The predicted octanol–water partition coefficient (Wildman–Crippen LogP) is 17.6. The summed E-state index contributed by atoms with van der Waals surface area (Å²) >= 11 is 0. The summed E-state index contributed by atoms with van der Waals surface area (Å²) in [4.78, 5) is 0. The molecule has 0 bridgehead atoms. The lowest BCUT2D eigenvalue weighted by molar-refractivity contribution is -0.180. The Hall–Kier alpha value is -0.670. The summed E-state index contributed by atoms with van der Waals surface area (Å²) in [5.74, 6) is 0.877. The molecule has 2 aliphatic rings. The first kappa shape index (κ1) is 63.5. The van der Waals surface area contributed by atoms with Crippen LogP contribution >= 0.6 is 0 Å². The highest BCUT2D eigenvalue weighted by atomic mass is 19.4. The topological polar surface area (TPSA) is 9.23 Å². The minimum absolute atomic E-state index is 0.315. The minimum Gasteiger partial charge on any atom is -0.384 e. The van der Waals surface area contributed by atoms with E-state index in [9.17, 15) is 39.5 Å². The molecular formula is C45H91F9O. The number of rotatable bonds is 9. The van der Waals surface area contributed by atoms with E-state index in [0.717, 1.165) is 41.6 Å². The normalized spacial score (nSPS) is 17.0. The van der Waals surface area contributed by atoms with Crippen molar-refractivity contribution in [3.8, 4) is 0 Å². The average Bonchev–Trinajstić information content (AvgIpc) is 3.93. The molecule has 2 rings (SSSR count). The SMILES string of the molecule is CC(C)C(C)C.CC(C)C(C)C(F)(F)F.CC(C)C1(C)CC1.CC(C)C1CC1.CC(C)[C@@H](C)C(F)(F)F.CC(C)[C@H](C)C(F)(F)F.COCC(C)(C)C(C)C. The molecule has 1 unspecified atom stereocenters. The summed E-state index contributed by atoms with van der Waals surface area (Å²) in [5.41, 5.74) is 1.08. The third kappa shape index (κ3) is 37.4. The Morgan fingerprint density at radius 3 is 0.764 bits per heavy atom. The molecule has 0 N–H and O–H groups in total. The van der Waals surface area contributed by atoms with Crippen LogP contribution in [0.2, 0.25) is 0 Å². The molecule has 0 aliphatic heterocycles. The number of alkyl halides is 9. The van der Waals surface area contributed by atoms with E-state index in [1.54, 1.807) is 48.7 Å². The van der Waals surface area contributed by atoms with Gasteiger partial charge in [-0.25, -0.2) is 0 Å². The molecule has 340 valence electrons. The highest BCUT2D eigenvalue weighted by Gasteiger charge is 2.40. The summed E-state index contributed by atoms with van der Waals surface area (Å²) < 4.78 is 110. The van der Waals surface area contributed by atoms with Crippen LogP contribution in [0.3, 0.4) is 0 Å². The molecule has 3 atom stereocenters. The zero-order valence-corrected chi connectivity index (χ0v) is 39.8. The molecule has 0 heterocycles. The van der Waals surface area contributed by atoms with Crippen LogP contribution in [0, 0.1) is 81.8 Å². The van der Waals surface area contributed by atoms with E-state index in [4.69, 9.17) is 4.74 Å². The molecule has 0 saturated heterocycles. The summed E-state index contributed by atoms with van der Waals surface area (Å²) in [6.07, 6.45) is -6.14. The molecule has 55 heavy (non-hydrogen) atoms. The van der Waals surface area contributed by atoms with Gasteiger partial charge in [0.25, 0.3) is 0 Å². The Kier molecular flexibility index (Phi) is 33.1. The Balaban J connectivity index is -0.000000178. The van der Waals surface area contributed by atoms with Crippen LogP contribution in [-0.4, -0.2) is 32.2 Å². The highest BCUT2D eigenvalue weighted by Crippen LogP contribution is 2.51. The second-order valence-electron chi connectivity index (χ2n) is 19.7. The van der Waals surface area contributed by atoms with Crippen molar-refractivity contribution in [3.63, 3.8) is 0 Å². The maximum Gasteiger partial charge on any atom is 0.391 e. The Morgan fingerprint density at radius 2 is 0.745 bits per heavy atom. The maximum atomic E-state index is 11.7. The van der Waals surface area contributed by atoms with Crippen LogP contribution in [-0.2, 0) is 4.74 Å². The highest BCUT2D eigenvalue weighted by molar-refractivity contribution is 4.90. The first-order valence-corrected chi connectivity index (χ1v) is 20.9. The predicted molar refractivity (Wildman–Crippen MR) is 220 cm³/mol. The van der Waals surface area contributed by atoms with Gasteiger partial charge in [0.2, 0.25) is 0 Å². The van der Waals surface area contributed by atoms with E-state index >= 15 is 0 Å². The summed E-state index contributed by atoms with van der Waals surface area (Å²) in [6, 6.07) is 0. The third-order valence-corrected chi connectivity index (χ3v) is 12.0. The van der Waals surface area contributed by atoms with Gasteiger partial charge in [-0.05, 0) is 89.8 Å². The van der Waals surface area contributed by atoms with Gasteiger partial charge in [-0.3, -0.25) is 0 Å². The van der Waals surface area contributed by atoms with Crippen molar-refractivity contribution in [3.05, 3.63) is 0 Å². The van der Waals surface area contributed by atoms with Gasteiger partial charge in [0, 0.05) is 7.11 Å². The summed E-state index contributed by atoms with van der Waals surface area (Å²) in [7, 11) is 1.75. The van der Waals surface area contributed by atoms with Crippen LogP contribution in [0.4, 0.5) is 39.5 Å². The van der Waals surface area contributed by atoms with Gasteiger partial charge in [-0.15, -0.1) is 0 Å². The van der Waals surface area contributed by atoms with Gasteiger partial charge in [-0.1, -0.05) is 152 Å². The smallest absolute Gasteiger partial charge is 0.384 e. The Morgan fingerprint density at radius 1 is 0.491 bits per heavy atom. The number of hydrogen-bond donors (Lipinski definition) is 0. The van der Waals surface area contributed by atoms with E-state index in [2.05, 4.69) is 90.0 Å². The van der Waals surface area contributed by atoms with Crippen molar-refractivity contribution in [1.82, 2.24) is 0 Å². The second-order valence-corrected chi connectivity index (χ2v) is 19.7. The lowest BCUT2D eigenvalue weighted by Crippen LogP contribution is -2.24. The summed E-state index contributed by atoms with van der Waals surface area (Å²) in [5, 5.41) is 0. The van der Waals surface area contributed by atoms with E-state index in [0.29, 0.717) is 11.3 Å².